The number of nitrogens with one attached hydrogen (secondary N) is 3. The Morgan fingerprint density at radius 2 is 1.15 bits per heavy atom. The van der Waals surface area contributed by atoms with Gasteiger partial charge in [-0.15, -0.1) is 0 Å². The van der Waals surface area contributed by atoms with Gasteiger partial charge in [-0.25, -0.2) is 4.79 Å². The molecule has 33 heavy (non-hydrogen) atoms. The number of amides is 3. The number of hydrogen-bond donors (Lipinski definition) is 5. The lowest BCUT2D eigenvalue weighted by molar-refractivity contribution is -0.142. The van der Waals surface area contributed by atoms with Gasteiger partial charge in [0, 0.05) is 0 Å². The van der Waals surface area contributed by atoms with E-state index in [-0.39, 0.29) is 18.3 Å². The van der Waals surface area contributed by atoms with Gasteiger partial charge in [0.2, 0.25) is 17.7 Å². The molecule has 3 amide bonds. The third-order valence-electron chi connectivity index (χ3n) is 4.88. The van der Waals surface area contributed by atoms with Crippen LogP contribution in [0.3, 0.4) is 0 Å². The van der Waals surface area contributed by atoms with E-state index in [9.17, 15) is 24.3 Å². The van der Waals surface area contributed by atoms with E-state index < -0.39 is 47.9 Å². The number of carbonyl (C=O) groups is 4. The summed E-state index contributed by atoms with van der Waals surface area (Å²) >= 11 is 3.10. The number of thioether (sulfide) groups is 2. The first-order valence-electron chi connectivity index (χ1n) is 11.3. The molecule has 4 unspecified atom stereocenters. The van der Waals surface area contributed by atoms with E-state index in [1.165, 1.54) is 11.8 Å². The van der Waals surface area contributed by atoms with Gasteiger partial charge in [-0.3, -0.25) is 14.4 Å². The van der Waals surface area contributed by atoms with Gasteiger partial charge in [0.25, 0.3) is 0 Å². The molecule has 0 aromatic carbocycles. The number of carbonyl (C=O) groups excluding carboxylic acids is 3. The summed E-state index contributed by atoms with van der Waals surface area (Å²) in [6.45, 7) is 7.61. The van der Waals surface area contributed by atoms with Crippen LogP contribution in [0, 0.1) is 11.8 Å². The van der Waals surface area contributed by atoms with Gasteiger partial charge in [0.15, 0.2) is 0 Å². The Morgan fingerprint density at radius 1 is 0.727 bits per heavy atom. The van der Waals surface area contributed by atoms with Gasteiger partial charge in [-0.2, -0.15) is 23.5 Å². The molecule has 4 atom stereocenters. The largest absolute Gasteiger partial charge is 0.480 e. The maximum atomic E-state index is 13.1. The summed E-state index contributed by atoms with van der Waals surface area (Å²) < 4.78 is 0. The maximum Gasteiger partial charge on any atom is 0.326 e. The van der Waals surface area contributed by atoms with Crippen LogP contribution in [0.25, 0.3) is 0 Å². The number of nitrogens with two attached hydrogens (primary N) is 1. The lowest BCUT2D eigenvalue weighted by Gasteiger charge is -2.26. The monoisotopic (exact) mass is 506 g/mol. The lowest BCUT2D eigenvalue weighted by atomic mass is 10.0. The standard InChI is InChI=1S/C22H42N4O5S2/c1-13(2)11-17(25-19(27)15(23)7-9-32-5)21(29)24-16(8-10-33-6)20(28)26-18(22(30)31)12-14(3)4/h13-18H,7-12,23H2,1-6H3,(H,24,29)(H,25,27)(H,26,28)(H,30,31). The van der Waals surface area contributed by atoms with Crippen molar-refractivity contribution in [3.8, 4) is 0 Å². The summed E-state index contributed by atoms with van der Waals surface area (Å²) in [6.07, 6.45) is 5.30. The molecule has 11 heteroatoms. The molecular formula is C22H42N4O5S2. The molecule has 0 aliphatic heterocycles. The van der Waals surface area contributed by atoms with Crippen LogP contribution in [-0.2, 0) is 19.2 Å². The topological polar surface area (TPSA) is 151 Å². The zero-order valence-electron chi connectivity index (χ0n) is 20.7. The van der Waals surface area contributed by atoms with Gasteiger partial charge >= 0.3 is 5.97 Å². The SMILES string of the molecule is CSCCC(N)C(=O)NC(CC(C)C)C(=O)NC(CCSC)C(=O)NC(CC(C)C)C(=O)O. The molecule has 0 fully saturated rings. The third-order valence-corrected chi connectivity index (χ3v) is 6.16. The quantitative estimate of drug-likeness (QED) is 0.199. The minimum atomic E-state index is -1.11. The van der Waals surface area contributed by atoms with E-state index >= 15 is 0 Å². The molecule has 6 N–H and O–H groups in total. The van der Waals surface area contributed by atoms with Gasteiger partial charge in [0.1, 0.15) is 18.1 Å². The molecule has 192 valence electrons. The Morgan fingerprint density at radius 3 is 1.64 bits per heavy atom. The van der Waals surface area contributed by atoms with Gasteiger partial charge in [0.05, 0.1) is 6.04 Å². The first-order valence-corrected chi connectivity index (χ1v) is 14.1. The molecule has 0 saturated carbocycles. The van der Waals surface area contributed by atoms with Crippen molar-refractivity contribution in [2.24, 2.45) is 17.6 Å². The molecule has 0 radical (unpaired) electrons. The van der Waals surface area contributed by atoms with Crippen LogP contribution in [0.5, 0.6) is 0 Å². The Bertz CT molecular complexity index is 634. The molecule has 0 aromatic heterocycles. The van der Waals surface area contributed by atoms with E-state index in [1.54, 1.807) is 11.8 Å². The van der Waals surface area contributed by atoms with Crippen molar-refractivity contribution >= 4 is 47.2 Å². The average molecular weight is 507 g/mol. The Kier molecular flexibility index (Phi) is 16.3. The first-order chi connectivity index (χ1) is 15.4. The van der Waals surface area contributed by atoms with Crippen LogP contribution in [0.2, 0.25) is 0 Å². The molecule has 0 bridgehead atoms. The van der Waals surface area contributed by atoms with Crippen LogP contribution in [-0.4, -0.2) is 77.0 Å². The fourth-order valence-electron chi connectivity index (χ4n) is 3.10. The Hall–Kier alpha value is -1.46. The minimum Gasteiger partial charge on any atom is -0.480 e. The molecule has 0 saturated heterocycles. The second-order valence-electron chi connectivity index (χ2n) is 8.95. The summed E-state index contributed by atoms with van der Waals surface area (Å²) in [7, 11) is 0. The predicted octanol–water partition coefficient (Wildman–Crippen LogP) is 1.45. The highest BCUT2D eigenvalue weighted by atomic mass is 32.2. The van der Waals surface area contributed by atoms with Crippen molar-refractivity contribution in [1.29, 1.82) is 0 Å². The van der Waals surface area contributed by atoms with Gasteiger partial charge in [-0.05, 0) is 61.5 Å². The van der Waals surface area contributed by atoms with Crippen LogP contribution in [0.15, 0.2) is 0 Å². The van der Waals surface area contributed by atoms with Crippen molar-refractivity contribution in [2.75, 3.05) is 24.0 Å². The minimum absolute atomic E-state index is 0.0755. The van der Waals surface area contributed by atoms with Crippen molar-refractivity contribution in [3.63, 3.8) is 0 Å². The lowest BCUT2D eigenvalue weighted by Crippen LogP contribution is -2.57. The summed E-state index contributed by atoms with van der Waals surface area (Å²) in [6, 6.07) is -3.50. The van der Waals surface area contributed by atoms with E-state index in [2.05, 4.69) is 16.0 Å². The highest BCUT2D eigenvalue weighted by Gasteiger charge is 2.30. The fourth-order valence-corrected chi connectivity index (χ4v) is 4.06. The van der Waals surface area contributed by atoms with Crippen LogP contribution in [0.4, 0.5) is 0 Å². The molecule has 9 nitrogen and oxygen atoms in total. The van der Waals surface area contributed by atoms with Crippen LogP contribution in [0.1, 0.15) is 53.4 Å². The fraction of sp³-hybridized carbons (Fsp3) is 0.818. The van der Waals surface area contributed by atoms with E-state index in [0.29, 0.717) is 25.0 Å². The molecule has 0 aliphatic carbocycles. The second-order valence-corrected chi connectivity index (χ2v) is 10.9. The number of rotatable bonds is 17. The van der Waals surface area contributed by atoms with Crippen molar-refractivity contribution in [2.45, 2.75) is 77.5 Å². The van der Waals surface area contributed by atoms with E-state index in [4.69, 9.17) is 5.73 Å². The average Bonchev–Trinajstić information content (AvgIpc) is 2.72. The zero-order chi connectivity index (χ0) is 25.6. The highest BCUT2D eigenvalue weighted by Crippen LogP contribution is 2.10. The Balaban J connectivity index is 5.41. The van der Waals surface area contributed by atoms with E-state index in [0.717, 1.165) is 5.75 Å². The molecule has 0 heterocycles. The zero-order valence-corrected chi connectivity index (χ0v) is 22.3. The van der Waals surface area contributed by atoms with Crippen molar-refractivity contribution in [3.05, 3.63) is 0 Å². The van der Waals surface area contributed by atoms with Crippen molar-refractivity contribution in [1.82, 2.24) is 16.0 Å². The first kappa shape index (κ1) is 31.5. The molecular weight excluding hydrogens is 464 g/mol. The number of carboxylic acid groups (broad SMARTS) is 1. The Labute approximate surface area is 206 Å². The van der Waals surface area contributed by atoms with Gasteiger partial charge < -0.3 is 26.8 Å². The molecule has 0 spiro atoms. The predicted molar refractivity (Wildman–Crippen MR) is 136 cm³/mol. The number of carboxylic acids is 1. The maximum absolute atomic E-state index is 13.1. The molecule has 0 rings (SSSR count). The van der Waals surface area contributed by atoms with Gasteiger partial charge in [-0.1, -0.05) is 27.7 Å². The number of aliphatic carboxylic acids is 1. The van der Waals surface area contributed by atoms with Crippen molar-refractivity contribution < 1.29 is 24.3 Å². The second kappa shape index (κ2) is 17.0. The smallest absolute Gasteiger partial charge is 0.326 e. The molecule has 0 aromatic rings. The number of hydrogen-bond acceptors (Lipinski definition) is 7. The summed E-state index contributed by atoms with van der Waals surface area (Å²) in [5.74, 6) is -1.03. The van der Waals surface area contributed by atoms with Crippen LogP contribution < -0.4 is 21.7 Å². The third kappa shape index (κ3) is 13.7. The molecule has 0 aliphatic rings. The van der Waals surface area contributed by atoms with Crippen LogP contribution >= 0.6 is 23.5 Å². The van der Waals surface area contributed by atoms with E-state index in [1.807, 2.05) is 40.2 Å². The summed E-state index contributed by atoms with van der Waals surface area (Å²) in [5, 5.41) is 17.4. The normalized spacial score (nSPS) is 14.9. The summed E-state index contributed by atoms with van der Waals surface area (Å²) in [4.78, 5) is 50.0. The highest BCUT2D eigenvalue weighted by molar-refractivity contribution is 7.98. The summed E-state index contributed by atoms with van der Waals surface area (Å²) in [5.41, 5.74) is 5.94.